The highest BCUT2D eigenvalue weighted by molar-refractivity contribution is 6.01. The summed E-state index contributed by atoms with van der Waals surface area (Å²) in [5.41, 5.74) is 5.52. The maximum Gasteiger partial charge on any atom is 0.121 e. The van der Waals surface area contributed by atoms with E-state index in [0.29, 0.717) is 5.92 Å². The summed E-state index contributed by atoms with van der Waals surface area (Å²) in [5.74, 6) is 0.317. The van der Waals surface area contributed by atoms with Crippen LogP contribution >= 0.6 is 0 Å². The van der Waals surface area contributed by atoms with E-state index in [1.165, 1.54) is 12.1 Å². The Morgan fingerprint density at radius 3 is 2.67 bits per heavy atom. The lowest BCUT2D eigenvalue weighted by molar-refractivity contribution is 0.0295. The quantitative estimate of drug-likeness (QED) is 0.555. The van der Waals surface area contributed by atoms with Crippen LogP contribution in [0.25, 0.3) is 0 Å². The summed E-state index contributed by atoms with van der Waals surface area (Å²) < 4.78 is 0. The first-order valence-electron chi connectivity index (χ1n) is 7.41. The van der Waals surface area contributed by atoms with Gasteiger partial charge in [-0.15, -0.1) is 5.23 Å². The summed E-state index contributed by atoms with van der Waals surface area (Å²) in [6, 6.07) is 3.67. The van der Waals surface area contributed by atoms with E-state index in [-0.39, 0.29) is 22.3 Å². The summed E-state index contributed by atoms with van der Waals surface area (Å²) >= 11 is 0. The van der Waals surface area contributed by atoms with Gasteiger partial charge in [-0.25, -0.2) is 0 Å². The van der Waals surface area contributed by atoms with Gasteiger partial charge in [0.1, 0.15) is 5.69 Å². The van der Waals surface area contributed by atoms with E-state index in [9.17, 15) is 20.8 Å². The Morgan fingerprint density at radius 2 is 2.08 bits per heavy atom. The van der Waals surface area contributed by atoms with Gasteiger partial charge in [-0.1, -0.05) is 18.2 Å². The Bertz CT molecular complexity index is 683. The summed E-state index contributed by atoms with van der Waals surface area (Å²) in [4.78, 5) is 0. The molecular formula is C16H20N4O4-2. The van der Waals surface area contributed by atoms with Crippen LogP contribution in [0.3, 0.4) is 0 Å². The fraction of sp³-hybridized carbons (Fsp3) is 0.312. The van der Waals surface area contributed by atoms with Gasteiger partial charge in [0.2, 0.25) is 0 Å². The molecule has 1 aliphatic rings. The molecule has 0 saturated heterocycles. The molecule has 1 aromatic carbocycles. The molecule has 0 spiro atoms. The van der Waals surface area contributed by atoms with Gasteiger partial charge < -0.3 is 15.6 Å². The van der Waals surface area contributed by atoms with Crippen molar-refractivity contribution in [2.24, 2.45) is 11.0 Å². The maximum atomic E-state index is 10.8. The second-order valence-electron chi connectivity index (χ2n) is 5.79. The first-order chi connectivity index (χ1) is 11.3. The van der Waals surface area contributed by atoms with Gasteiger partial charge in [0.25, 0.3) is 0 Å². The normalized spacial score (nSPS) is 19.0. The van der Waals surface area contributed by atoms with Crippen molar-refractivity contribution < 1.29 is 10.4 Å². The second-order valence-corrected chi connectivity index (χ2v) is 5.79. The molecule has 0 radical (unpaired) electrons. The van der Waals surface area contributed by atoms with Crippen molar-refractivity contribution in [3.63, 3.8) is 0 Å². The Labute approximate surface area is 140 Å². The Balaban J connectivity index is 2.26. The van der Waals surface area contributed by atoms with Crippen molar-refractivity contribution in [1.82, 2.24) is 0 Å². The molecule has 1 atom stereocenters. The van der Waals surface area contributed by atoms with Crippen LogP contribution in [0.15, 0.2) is 47.1 Å². The highest BCUT2D eigenvalue weighted by Crippen LogP contribution is 2.30. The van der Waals surface area contributed by atoms with E-state index in [1.807, 2.05) is 13.8 Å². The number of benzene rings is 1. The van der Waals surface area contributed by atoms with Gasteiger partial charge in [-0.2, -0.15) is 5.10 Å². The summed E-state index contributed by atoms with van der Waals surface area (Å²) in [6.45, 7) is 7.91. The lowest BCUT2D eigenvalue weighted by Gasteiger charge is -2.37. The zero-order valence-corrected chi connectivity index (χ0v) is 13.6. The summed E-state index contributed by atoms with van der Waals surface area (Å²) in [6.07, 6.45) is 3.74. The van der Waals surface area contributed by atoms with Crippen molar-refractivity contribution in [2.45, 2.75) is 26.7 Å². The van der Waals surface area contributed by atoms with Crippen molar-refractivity contribution in [2.75, 3.05) is 15.9 Å². The van der Waals surface area contributed by atoms with Gasteiger partial charge in [-0.05, 0) is 56.4 Å². The number of hydrazone groups is 1. The molecule has 130 valence electrons. The number of hydrogen-bond donors (Lipinski definition) is 3. The van der Waals surface area contributed by atoms with E-state index in [2.05, 4.69) is 23.2 Å². The van der Waals surface area contributed by atoms with Gasteiger partial charge in [0.05, 0.1) is 11.4 Å². The molecule has 0 bridgehead atoms. The van der Waals surface area contributed by atoms with Crippen LogP contribution in [-0.2, 0) is 0 Å². The van der Waals surface area contributed by atoms with E-state index < -0.39 is 5.23 Å². The number of hydrogen-bond acceptors (Lipinski definition) is 8. The minimum atomic E-state index is -0.617. The van der Waals surface area contributed by atoms with E-state index in [1.54, 1.807) is 0 Å². The molecule has 0 amide bonds. The third kappa shape index (κ3) is 4.12. The average molecular weight is 332 g/mol. The topological polar surface area (TPSA) is 117 Å². The molecule has 0 fully saturated rings. The summed E-state index contributed by atoms with van der Waals surface area (Å²) in [7, 11) is 0. The monoisotopic (exact) mass is 332 g/mol. The smallest absolute Gasteiger partial charge is 0.121 e. The molecule has 1 aromatic rings. The third-order valence-corrected chi connectivity index (χ3v) is 4.02. The number of allylic oxidation sites excluding steroid dienone is 3. The van der Waals surface area contributed by atoms with Crippen LogP contribution in [0.5, 0.6) is 0 Å². The van der Waals surface area contributed by atoms with Crippen molar-refractivity contribution in [1.29, 1.82) is 0 Å². The van der Waals surface area contributed by atoms with E-state index >= 15 is 0 Å². The highest BCUT2D eigenvalue weighted by atomic mass is 16.8. The van der Waals surface area contributed by atoms with Crippen molar-refractivity contribution >= 4 is 22.8 Å². The van der Waals surface area contributed by atoms with Crippen LogP contribution < -0.4 is 15.9 Å². The van der Waals surface area contributed by atoms with Crippen LogP contribution in [0.1, 0.15) is 26.7 Å². The SMILES string of the molecule is C=C(C)C1CC=C(C)C(=NNc2ccc(N([O-])[O-])cc2N(O)O)C1. The van der Waals surface area contributed by atoms with E-state index in [4.69, 9.17) is 0 Å². The van der Waals surface area contributed by atoms with Crippen LogP contribution in [-0.4, -0.2) is 16.1 Å². The number of nitrogens with zero attached hydrogens (tertiary/aromatic N) is 3. The lowest BCUT2D eigenvalue weighted by Crippen LogP contribution is -2.18. The van der Waals surface area contributed by atoms with Crippen LogP contribution in [0.4, 0.5) is 17.1 Å². The molecule has 0 aliphatic heterocycles. The largest absolute Gasteiger partial charge is 0.769 e. The molecule has 2 rings (SSSR count). The predicted molar refractivity (Wildman–Crippen MR) is 94.1 cm³/mol. The fourth-order valence-corrected chi connectivity index (χ4v) is 2.45. The third-order valence-electron chi connectivity index (χ3n) is 4.02. The first-order valence-corrected chi connectivity index (χ1v) is 7.41. The standard InChI is InChI=1S/C16H20N4O4/c1-10(2)12-5-4-11(3)15(8-12)18-17-14-7-6-13(19(21)22)9-16(14)20(23)24/h4,6-7,9,12,17,23-24H,1,5,8H2,2-3H3/q-2. The Hall–Kier alpha value is -2.39. The van der Waals surface area contributed by atoms with Crippen molar-refractivity contribution in [3.05, 3.63) is 52.4 Å². The lowest BCUT2D eigenvalue weighted by atomic mass is 9.85. The average Bonchev–Trinajstić information content (AvgIpc) is 2.53. The number of nitrogens with one attached hydrogen (secondary N) is 1. The summed E-state index contributed by atoms with van der Waals surface area (Å²) in [5, 5.41) is 43.7. The molecule has 0 heterocycles. The molecule has 8 heteroatoms. The second kappa shape index (κ2) is 7.45. The van der Waals surface area contributed by atoms with Gasteiger partial charge in [0.15, 0.2) is 0 Å². The minimum Gasteiger partial charge on any atom is -0.769 e. The molecular weight excluding hydrogens is 312 g/mol. The fourth-order valence-electron chi connectivity index (χ4n) is 2.45. The van der Waals surface area contributed by atoms with Gasteiger partial charge in [-0.3, -0.25) is 15.8 Å². The molecule has 24 heavy (non-hydrogen) atoms. The zero-order chi connectivity index (χ0) is 17.9. The predicted octanol–water partition coefficient (Wildman–Crippen LogP) is 3.77. The van der Waals surface area contributed by atoms with Crippen LogP contribution in [0, 0.1) is 16.3 Å². The Morgan fingerprint density at radius 1 is 1.38 bits per heavy atom. The number of anilines is 3. The van der Waals surface area contributed by atoms with Crippen molar-refractivity contribution in [3.8, 4) is 0 Å². The maximum absolute atomic E-state index is 10.8. The first kappa shape index (κ1) is 18.0. The molecule has 8 nitrogen and oxygen atoms in total. The van der Waals surface area contributed by atoms with E-state index in [0.717, 1.165) is 35.8 Å². The van der Waals surface area contributed by atoms with Gasteiger partial charge in [0, 0.05) is 5.69 Å². The Kier molecular flexibility index (Phi) is 5.58. The molecule has 0 aromatic heterocycles. The molecule has 1 unspecified atom stereocenters. The number of rotatable bonds is 5. The molecule has 3 N–H and O–H groups in total. The molecule has 0 saturated carbocycles. The van der Waals surface area contributed by atoms with Crippen LogP contribution in [0.2, 0.25) is 0 Å². The molecule has 1 aliphatic carbocycles. The van der Waals surface area contributed by atoms with Gasteiger partial charge >= 0.3 is 0 Å². The zero-order valence-electron chi connectivity index (χ0n) is 13.6. The highest BCUT2D eigenvalue weighted by Gasteiger charge is 2.18. The minimum absolute atomic E-state index is 0.164.